The van der Waals surface area contributed by atoms with Crippen molar-refractivity contribution in [3.05, 3.63) is 0 Å². The van der Waals surface area contributed by atoms with Crippen LogP contribution in [0.1, 0.15) is 60.8 Å². The molecule has 98 valence electrons. The normalized spacial score (nSPS) is 44.1. The van der Waals surface area contributed by atoms with E-state index in [9.17, 15) is 9.90 Å². The summed E-state index contributed by atoms with van der Waals surface area (Å²) < 4.78 is 0. The van der Waals surface area contributed by atoms with E-state index in [4.69, 9.17) is 0 Å². The molecule has 1 N–H and O–H groups in total. The Morgan fingerprint density at radius 3 is 2.00 bits per heavy atom. The quantitative estimate of drug-likeness (QED) is 0.762. The molecule has 3 atom stereocenters. The largest absolute Gasteiger partial charge is 0.393 e. The first kappa shape index (κ1) is 13.1. The maximum Gasteiger partial charge on any atom is 0.144 e. The summed E-state index contributed by atoms with van der Waals surface area (Å²) in [6.45, 7) is 12.5. The van der Waals surface area contributed by atoms with Crippen LogP contribution in [0.3, 0.4) is 0 Å². The van der Waals surface area contributed by atoms with E-state index in [-0.39, 0.29) is 27.8 Å². The zero-order valence-electron chi connectivity index (χ0n) is 12.1. The van der Waals surface area contributed by atoms with Crippen molar-refractivity contribution in [1.29, 1.82) is 0 Å². The smallest absolute Gasteiger partial charge is 0.144 e. The van der Waals surface area contributed by atoms with Gasteiger partial charge in [-0.05, 0) is 30.1 Å². The van der Waals surface area contributed by atoms with Crippen molar-refractivity contribution in [2.75, 3.05) is 0 Å². The number of ketones is 1. The van der Waals surface area contributed by atoms with Gasteiger partial charge in [0.15, 0.2) is 0 Å². The molecule has 3 unspecified atom stereocenters. The lowest BCUT2D eigenvalue weighted by atomic mass is 9.59. The van der Waals surface area contributed by atoms with Crippen LogP contribution >= 0.6 is 0 Å². The fraction of sp³-hybridized carbons (Fsp3) is 0.933. The Hall–Kier alpha value is -0.370. The summed E-state index contributed by atoms with van der Waals surface area (Å²) in [5.74, 6) is 0.343. The molecular formula is C15H26O2. The van der Waals surface area contributed by atoms with Gasteiger partial charge < -0.3 is 5.11 Å². The summed E-state index contributed by atoms with van der Waals surface area (Å²) in [6, 6.07) is 0. The highest BCUT2D eigenvalue weighted by molar-refractivity contribution is 5.91. The lowest BCUT2D eigenvalue weighted by Crippen LogP contribution is -2.45. The van der Waals surface area contributed by atoms with E-state index in [1.54, 1.807) is 0 Å². The molecule has 2 aliphatic rings. The summed E-state index contributed by atoms with van der Waals surface area (Å²) in [7, 11) is 0. The van der Waals surface area contributed by atoms with E-state index < -0.39 is 0 Å². The SMILES string of the molecule is CC(C)(C)C(=O)C12CCC(C)(C(O)C1)C2(C)C. The summed E-state index contributed by atoms with van der Waals surface area (Å²) in [5.41, 5.74) is -0.802. The third-order valence-corrected chi connectivity index (χ3v) is 6.09. The van der Waals surface area contributed by atoms with Crippen LogP contribution in [0.15, 0.2) is 0 Å². The second kappa shape index (κ2) is 3.14. The van der Waals surface area contributed by atoms with Gasteiger partial charge in [-0.2, -0.15) is 0 Å². The van der Waals surface area contributed by atoms with Crippen molar-refractivity contribution in [2.45, 2.75) is 66.9 Å². The van der Waals surface area contributed by atoms with Gasteiger partial charge in [0.25, 0.3) is 0 Å². The van der Waals surface area contributed by atoms with Gasteiger partial charge in [-0.15, -0.1) is 0 Å². The van der Waals surface area contributed by atoms with Crippen LogP contribution in [0.2, 0.25) is 0 Å². The molecule has 0 aromatic heterocycles. The van der Waals surface area contributed by atoms with Gasteiger partial charge in [0.1, 0.15) is 5.78 Å². The summed E-state index contributed by atoms with van der Waals surface area (Å²) >= 11 is 0. The van der Waals surface area contributed by atoms with Gasteiger partial charge in [-0.25, -0.2) is 0 Å². The van der Waals surface area contributed by atoms with Crippen molar-refractivity contribution in [2.24, 2.45) is 21.7 Å². The number of aliphatic hydroxyl groups excluding tert-OH is 1. The summed E-state index contributed by atoms with van der Waals surface area (Å²) in [5, 5.41) is 10.3. The highest BCUT2D eigenvalue weighted by Gasteiger charge is 2.72. The highest BCUT2D eigenvalue weighted by atomic mass is 16.3. The van der Waals surface area contributed by atoms with E-state index in [1.807, 2.05) is 20.8 Å². The molecule has 0 saturated heterocycles. The Kier molecular flexibility index (Phi) is 2.42. The molecule has 0 spiro atoms. The maximum absolute atomic E-state index is 12.8. The Labute approximate surface area is 105 Å². The molecule has 0 aromatic rings. The van der Waals surface area contributed by atoms with Gasteiger partial charge in [0.05, 0.1) is 6.10 Å². The fourth-order valence-electron chi connectivity index (χ4n) is 4.35. The molecule has 17 heavy (non-hydrogen) atoms. The van der Waals surface area contributed by atoms with Gasteiger partial charge in [-0.3, -0.25) is 4.79 Å². The predicted octanol–water partition coefficient (Wildman–Crippen LogP) is 3.18. The van der Waals surface area contributed by atoms with Crippen LogP contribution in [0, 0.1) is 21.7 Å². The van der Waals surface area contributed by atoms with Crippen LogP contribution in [-0.2, 0) is 4.79 Å². The molecule has 2 saturated carbocycles. The Balaban J connectivity index is 2.51. The number of Topliss-reactive ketones (excluding diaryl/α,β-unsaturated/α-hetero) is 1. The van der Waals surface area contributed by atoms with E-state index >= 15 is 0 Å². The monoisotopic (exact) mass is 238 g/mol. The van der Waals surface area contributed by atoms with Gasteiger partial charge >= 0.3 is 0 Å². The number of rotatable bonds is 1. The van der Waals surface area contributed by atoms with E-state index in [0.29, 0.717) is 12.2 Å². The molecule has 2 aliphatic carbocycles. The topological polar surface area (TPSA) is 37.3 Å². The molecule has 2 rings (SSSR count). The minimum absolute atomic E-state index is 0.0894. The van der Waals surface area contributed by atoms with Crippen LogP contribution in [0.5, 0.6) is 0 Å². The van der Waals surface area contributed by atoms with Crippen molar-refractivity contribution >= 4 is 5.78 Å². The van der Waals surface area contributed by atoms with Crippen LogP contribution in [0.25, 0.3) is 0 Å². The van der Waals surface area contributed by atoms with Crippen molar-refractivity contribution in [1.82, 2.24) is 0 Å². The van der Waals surface area contributed by atoms with Crippen LogP contribution in [-0.4, -0.2) is 17.0 Å². The summed E-state index contributed by atoms with van der Waals surface area (Å²) in [6.07, 6.45) is 2.26. The molecule has 2 fully saturated rings. The minimum Gasteiger partial charge on any atom is -0.393 e. The van der Waals surface area contributed by atoms with Crippen molar-refractivity contribution in [3.8, 4) is 0 Å². The van der Waals surface area contributed by atoms with Crippen molar-refractivity contribution < 1.29 is 9.90 Å². The second-order valence-corrected chi connectivity index (χ2v) is 7.92. The van der Waals surface area contributed by atoms with Crippen LogP contribution in [0.4, 0.5) is 0 Å². The second-order valence-electron chi connectivity index (χ2n) is 7.92. The Bertz CT molecular complexity index is 364. The molecule has 0 amide bonds. The first-order chi connectivity index (χ1) is 7.49. The van der Waals surface area contributed by atoms with E-state index in [1.165, 1.54) is 0 Å². The third kappa shape index (κ3) is 1.28. The van der Waals surface area contributed by atoms with Gasteiger partial charge in [0, 0.05) is 10.8 Å². The predicted molar refractivity (Wildman–Crippen MR) is 68.6 cm³/mol. The average molecular weight is 238 g/mol. The number of aliphatic hydroxyl groups is 1. The molecule has 0 heterocycles. The molecule has 2 heteroatoms. The highest BCUT2D eigenvalue weighted by Crippen LogP contribution is 2.73. The number of carbonyl (C=O) groups excluding carboxylic acids is 1. The standard InChI is InChI=1S/C15H26O2/c1-12(2,3)11(17)15-8-7-14(6,10(16)9-15)13(15,4)5/h10,16H,7-9H2,1-6H3. The zero-order valence-corrected chi connectivity index (χ0v) is 12.1. The molecule has 2 bridgehead atoms. The lowest BCUT2D eigenvalue weighted by molar-refractivity contribution is -0.142. The molecule has 0 aromatic carbocycles. The Morgan fingerprint density at radius 1 is 1.18 bits per heavy atom. The first-order valence-electron chi connectivity index (χ1n) is 6.72. The molecule has 0 aliphatic heterocycles. The maximum atomic E-state index is 12.8. The number of hydrogen-bond donors (Lipinski definition) is 1. The third-order valence-electron chi connectivity index (χ3n) is 6.09. The molecular weight excluding hydrogens is 212 g/mol. The van der Waals surface area contributed by atoms with Crippen molar-refractivity contribution in [3.63, 3.8) is 0 Å². The zero-order chi connectivity index (χ0) is 13.3. The number of fused-ring (bicyclic) bond motifs is 2. The van der Waals surface area contributed by atoms with Gasteiger partial charge in [-0.1, -0.05) is 41.5 Å². The van der Waals surface area contributed by atoms with Gasteiger partial charge in [0.2, 0.25) is 0 Å². The average Bonchev–Trinajstić information content (AvgIpc) is 2.45. The minimum atomic E-state index is -0.322. The van der Waals surface area contributed by atoms with Crippen LogP contribution < -0.4 is 0 Å². The van der Waals surface area contributed by atoms with E-state index in [2.05, 4.69) is 20.8 Å². The summed E-state index contributed by atoms with van der Waals surface area (Å²) in [4.78, 5) is 12.8. The first-order valence-corrected chi connectivity index (χ1v) is 6.72. The molecule has 2 nitrogen and oxygen atoms in total. The molecule has 0 radical (unpaired) electrons. The van der Waals surface area contributed by atoms with E-state index in [0.717, 1.165) is 12.8 Å². The number of hydrogen-bond acceptors (Lipinski definition) is 2. The lowest BCUT2D eigenvalue weighted by Gasteiger charge is -2.42. The fourth-order valence-corrected chi connectivity index (χ4v) is 4.35. The number of carbonyl (C=O) groups is 1. The Morgan fingerprint density at radius 2 is 1.71 bits per heavy atom.